The zero-order valence-corrected chi connectivity index (χ0v) is 22.8. The maximum absolute atomic E-state index is 15.5. The van der Waals surface area contributed by atoms with Gasteiger partial charge in [0.2, 0.25) is 18.0 Å². The van der Waals surface area contributed by atoms with E-state index in [2.05, 4.69) is 0 Å². The van der Waals surface area contributed by atoms with Crippen LogP contribution in [0.15, 0.2) is 18.1 Å². The molecule has 3 aliphatic rings. The van der Waals surface area contributed by atoms with Crippen LogP contribution in [0.5, 0.6) is 5.75 Å². The number of aliphatic hydroxyl groups is 2. The summed E-state index contributed by atoms with van der Waals surface area (Å²) in [6.45, 7) is 9.68. The van der Waals surface area contributed by atoms with Crippen LogP contribution in [0.25, 0.3) is 0 Å². The number of carbonyl (C=O) groups is 1. The van der Waals surface area contributed by atoms with E-state index in [1.54, 1.807) is 6.07 Å². The molecule has 1 aromatic carbocycles. The van der Waals surface area contributed by atoms with Crippen LogP contribution in [-0.2, 0) is 40.6 Å². The lowest BCUT2D eigenvalue weighted by Crippen LogP contribution is -2.55. The molecule has 3 heterocycles. The van der Waals surface area contributed by atoms with E-state index in [-0.39, 0.29) is 11.3 Å². The summed E-state index contributed by atoms with van der Waals surface area (Å²) in [6, 6.07) is 1.65. The molecule has 38 heavy (non-hydrogen) atoms. The van der Waals surface area contributed by atoms with Gasteiger partial charge in [-0.15, -0.1) is 0 Å². The highest BCUT2D eigenvalue weighted by atomic mass is 31.2. The average molecular weight is 564 g/mol. The Bertz CT molecular complexity index is 1210. The zero-order valence-electron chi connectivity index (χ0n) is 21.9. The highest BCUT2D eigenvalue weighted by Gasteiger charge is 2.53. The third kappa shape index (κ3) is 5.45. The lowest BCUT2D eigenvalue weighted by molar-refractivity contribution is -0.212. The minimum absolute atomic E-state index is 0.0106. The highest BCUT2D eigenvalue weighted by molar-refractivity contribution is 7.49. The molecule has 0 saturated carbocycles. The fraction of sp³-hybridized carbons (Fsp3) is 0.625. The van der Waals surface area contributed by atoms with Gasteiger partial charge < -0.3 is 29.7 Å². The van der Waals surface area contributed by atoms with Gasteiger partial charge in [0.1, 0.15) is 24.3 Å². The third-order valence-corrected chi connectivity index (χ3v) is 7.72. The number of carbonyl (C=O) groups excluding carboxylic acids is 1. The number of rotatable bonds is 4. The Hall–Kier alpha value is -2.15. The van der Waals surface area contributed by atoms with E-state index in [1.165, 1.54) is 0 Å². The lowest BCUT2D eigenvalue weighted by atomic mass is 9.78. The second-order valence-corrected chi connectivity index (χ2v) is 13.2. The molecule has 14 heteroatoms. The predicted molar refractivity (Wildman–Crippen MR) is 127 cm³/mol. The van der Waals surface area contributed by atoms with Crippen LogP contribution in [-0.4, -0.2) is 52.2 Å². The molecule has 1 aromatic rings. The predicted octanol–water partition coefficient (Wildman–Crippen LogP) is 3.75. The van der Waals surface area contributed by atoms with E-state index in [0.717, 1.165) is 0 Å². The second kappa shape index (κ2) is 9.50. The Morgan fingerprint density at radius 3 is 2.42 bits per heavy atom. The third-order valence-electron chi connectivity index (χ3n) is 6.42. The van der Waals surface area contributed by atoms with E-state index < -0.39 is 80.4 Å². The van der Waals surface area contributed by atoms with Crippen LogP contribution >= 0.6 is 7.82 Å². The summed E-state index contributed by atoms with van der Waals surface area (Å²) in [5.41, 5.74) is -0.0500. The number of benzene rings is 1. The number of hydrogen-bond donors (Lipinski definition) is 3. The first-order chi connectivity index (χ1) is 17.3. The van der Waals surface area contributed by atoms with Crippen molar-refractivity contribution >= 4 is 13.7 Å². The number of nitrogens with zero attached hydrogens (tertiary/aromatic N) is 1. The minimum Gasteiger partial charge on any atom is -0.403 e. The van der Waals surface area contributed by atoms with Gasteiger partial charge in [0.25, 0.3) is 5.91 Å². The van der Waals surface area contributed by atoms with Crippen LogP contribution in [0.2, 0.25) is 0 Å². The van der Waals surface area contributed by atoms with Crippen molar-refractivity contribution in [2.75, 3.05) is 6.61 Å². The van der Waals surface area contributed by atoms with Crippen molar-refractivity contribution in [1.29, 1.82) is 0 Å². The van der Waals surface area contributed by atoms with Crippen molar-refractivity contribution in [3.8, 4) is 5.75 Å². The number of halogens is 3. The molecule has 0 bridgehead atoms. The molecular formula is C24H32F3N2O8P. The smallest absolute Gasteiger partial charge is 0.403 e. The summed E-state index contributed by atoms with van der Waals surface area (Å²) in [7, 11) is -4.48. The van der Waals surface area contributed by atoms with E-state index in [1.807, 2.05) is 46.9 Å². The van der Waals surface area contributed by atoms with E-state index in [0.29, 0.717) is 22.2 Å². The van der Waals surface area contributed by atoms with Gasteiger partial charge in [0.15, 0.2) is 6.23 Å². The number of phosphoric ester groups is 1. The summed E-state index contributed by atoms with van der Waals surface area (Å²) in [5.74, 6) is -5.81. The average Bonchev–Trinajstić information content (AvgIpc) is 3.08. The molecule has 0 radical (unpaired) electrons. The first kappa shape index (κ1) is 28.8. The van der Waals surface area contributed by atoms with Gasteiger partial charge in [0, 0.05) is 18.2 Å². The summed E-state index contributed by atoms with van der Waals surface area (Å²) in [6.07, 6.45) is -5.14. The van der Waals surface area contributed by atoms with Gasteiger partial charge in [-0.25, -0.2) is 13.3 Å². The molecule has 10 nitrogen and oxygen atoms in total. The molecular weight excluding hydrogens is 532 g/mol. The minimum atomic E-state index is -4.48. The van der Waals surface area contributed by atoms with Gasteiger partial charge in [-0.2, -0.15) is 4.39 Å². The Kier molecular flexibility index (Phi) is 7.21. The van der Waals surface area contributed by atoms with Gasteiger partial charge in [0.05, 0.1) is 12.2 Å². The van der Waals surface area contributed by atoms with E-state index in [4.69, 9.17) is 18.3 Å². The zero-order chi connectivity index (χ0) is 28.4. The first-order valence-electron chi connectivity index (χ1n) is 12.0. The standard InChI is InChI=1S/C24H32F3N2O8P/c1-22(2,3)13-7-14(23(4,5)6)18-12(17(13)26)10-34-38(33,37-18)35-11-24(27)8-16(30)20(36-24)29-9-15(25)19(31)28-21(29)32/h7,9,16,20-21,30,32H,8,10-11H2,1-6H3,(H,28,31)/t16-,20-,21?,24+,38?/m1/s1. The Morgan fingerprint density at radius 2 is 1.82 bits per heavy atom. The van der Waals surface area contributed by atoms with Crippen LogP contribution in [0, 0.1) is 5.82 Å². The normalized spacial score (nSPS) is 32.0. The van der Waals surface area contributed by atoms with Crippen molar-refractivity contribution in [3.05, 3.63) is 40.6 Å². The largest absolute Gasteiger partial charge is 0.530 e. The van der Waals surface area contributed by atoms with Crippen molar-refractivity contribution in [1.82, 2.24) is 10.2 Å². The number of nitrogens with one attached hydrogen (secondary N) is 1. The number of alkyl halides is 1. The fourth-order valence-electron chi connectivity index (χ4n) is 4.40. The van der Waals surface area contributed by atoms with Crippen LogP contribution in [0.1, 0.15) is 64.7 Å². The Balaban J connectivity index is 1.55. The van der Waals surface area contributed by atoms with Gasteiger partial charge >= 0.3 is 7.82 Å². The SMILES string of the molecule is CC(C)(C)c1cc(C(C)(C)C)c2c(c1F)COP(=O)(OC[C@]1(F)C[C@@H](O)[C@H](N3C=C(F)C(=O)NC3O)O1)O2. The van der Waals surface area contributed by atoms with Crippen molar-refractivity contribution in [2.24, 2.45) is 0 Å². The molecule has 0 spiro atoms. The lowest BCUT2D eigenvalue weighted by Gasteiger charge is -2.36. The monoisotopic (exact) mass is 564 g/mol. The molecule has 0 aromatic heterocycles. The molecule has 3 N–H and O–H groups in total. The topological polar surface area (TPSA) is 127 Å². The van der Waals surface area contributed by atoms with Gasteiger partial charge in [-0.1, -0.05) is 41.5 Å². The molecule has 0 aliphatic carbocycles. The molecule has 2 unspecified atom stereocenters. The van der Waals surface area contributed by atoms with Gasteiger partial charge in [-0.05, 0) is 22.5 Å². The Morgan fingerprint density at radius 1 is 1.18 bits per heavy atom. The highest BCUT2D eigenvalue weighted by Crippen LogP contribution is 2.58. The molecule has 3 aliphatic heterocycles. The van der Waals surface area contributed by atoms with Crippen LogP contribution in [0.4, 0.5) is 13.2 Å². The van der Waals surface area contributed by atoms with Crippen molar-refractivity contribution < 1.29 is 51.1 Å². The molecule has 1 fully saturated rings. The van der Waals surface area contributed by atoms with Crippen molar-refractivity contribution in [2.45, 2.75) is 89.9 Å². The van der Waals surface area contributed by atoms with E-state index >= 15 is 8.78 Å². The summed E-state index contributed by atoms with van der Waals surface area (Å²) < 4.78 is 79.2. The fourth-order valence-corrected chi connectivity index (χ4v) is 5.65. The second-order valence-electron chi connectivity index (χ2n) is 11.6. The molecule has 212 valence electrons. The molecule has 1 amide bonds. The maximum Gasteiger partial charge on any atom is 0.530 e. The quantitative estimate of drug-likeness (QED) is 0.469. The first-order valence-corrected chi connectivity index (χ1v) is 13.4. The molecule has 5 atom stereocenters. The number of hydrogen-bond acceptors (Lipinski definition) is 9. The summed E-state index contributed by atoms with van der Waals surface area (Å²) in [5, 5.41) is 22.2. The van der Waals surface area contributed by atoms with E-state index in [9.17, 15) is 24.0 Å². The van der Waals surface area contributed by atoms with Gasteiger partial charge in [-0.3, -0.25) is 13.8 Å². The number of phosphoric acid groups is 1. The van der Waals surface area contributed by atoms with Crippen molar-refractivity contribution in [3.63, 3.8) is 0 Å². The van der Waals surface area contributed by atoms with Crippen LogP contribution < -0.4 is 9.84 Å². The summed E-state index contributed by atoms with van der Waals surface area (Å²) in [4.78, 5) is 12.0. The molecule has 1 saturated heterocycles. The maximum atomic E-state index is 15.5. The number of fused-ring (bicyclic) bond motifs is 1. The molecule has 4 rings (SSSR count). The number of aliphatic hydroxyl groups excluding tert-OH is 2. The summed E-state index contributed by atoms with van der Waals surface area (Å²) >= 11 is 0. The Labute approximate surface area is 218 Å². The number of amides is 1. The number of ether oxygens (including phenoxy) is 1. The van der Waals surface area contributed by atoms with Crippen LogP contribution in [0.3, 0.4) is 0 Å².